The lowest BCUT2D eigenvalue weighted by molar-refractivity contribution is -0.207. The second kappa shape index (κ2) is 8.19. The molecule has 1 spiro atoms. The molecule has 1 aromatic heterocycles. The number of likely N-dealkylation sites (tertiary alicyclic amines) is 1. The van der Waals surface area contributed by atoms with Crippen molar-refractivity contribution in [2.75, 3.05) is 44.3 Å². The number of thiazole rings is 1. The molecule has 0 amide bonds. The van der Waals surface area contributed by atoms with E-state index < -0.39 is 0 Å². The minimum Gasteiger partial charge on any atom is -0.393 e. The van der Waals surface area contributed by atoms with Crippen molar-refractivity contribution in [3.05, 3.63) is 11.1 Å². The molecule has 4 heterocycles. The first-order valence-corrected chi connectivity index (χ1v) is 11.5. The van der Waals surface area contributed by atoms with Gasteiger partial charge in [-0.1, -0.05) is 20.8 Å². The normalized spacial score (nSPS) is 29.4. The number of aliphatic hydroxyl groups excluding tert-OH is 1. The van der Waals surface area contributed by atoms with Gasteiger partial charge in [-0.05, 0) is 18.3 Å². The molecule has 3 aliphatic heterocycles. The SMILES string of the molecule is CC(C)(C)[C@H]1C[C@@H](O)CC2(CCN(Cc3cnc(N4CCOCC4)s3)CC2)O1. The van der Waals surface area contributed by atoms with Gasteiger partial charge < -0.3 is 19.5 Å². The van der Waals surface area contributed by atoms with Gasteiger partial charge in [0.1, 0.15) is 0 Å². The number of morpholine rings is 1. The van der Waals surface area contributed by atoms with Gasteiger partial charge in [-0.25, -0.2) is 4.98 Å². The fraction of sp³-hybridized carbons (Fsp3) is 0.857. The fourth-order valence-corrected chi connectivity index (χ4v) is 5.62. The monoisotopic (exact) mass is 409 g/mol. The molecule has 3 aliphatic rings. The lowest BCUT2D eigenvalue weighted by Crippen LogP contribution is -2.54. The summed E-state index contributed by atoms with van der Waals surface area (Å²) in [6, 6.07) is 0. The number of nitrogens with zero attached hydrogens (tertiary/aromatic N) is 3. The highest BCUT2D eigenvalue weighted by Gasteiger charge is 2.46. The van der Waals surface area contributed by atoms with Crippen molar-refractivity contribution in [2.45, 2.75) is 70.8 Å². The maximum atomic E-state index is 10.5. The highest BCUT2D eigenvalue weighted by molar-refractivity contribution is 7.15. The molecular weight excluding hydrogens is 374 g/mol. The van der Waals surface area contributed by atoms with Crippen LogP contribution in [-0.2, 0) is 16.0 Å². The molecule has 0 aliphatic carbocycles. The molecule has 0 radical (unpaired) electrons. The van der Waals surface area contributed by atoms with Gasteiger partial charge in [-0.3, -0.25) is 4.90 Å². The van der Waals surface area contributed by atoms with Crippen LogP contribution in [-0.4, -0.2) is 72.2 Å². The summed E-state index contributed by atoms with van der Waals surface area (Å²) in [5.41, 5.74) is -0.0666. The van der Waals surface area contributed by atoms with Crippen LogP contribution in [0.25, 0.3) is 0 Å². The van der Waals surface area contributed by atoms with E-state index in [4.69, 9.17) is 9.47 Å². The van der Waals surface area contributed by atoms with Crippen molar-refractivity contribution >= 4 is 16.5 Å². The summed E-state index contributed by atoms with van der Waals surface area (Å²) in [6.45, 7) is 13.1. The van der Waals surface area contributed by atoms with Gasteiger partial charge in [-0.2, -0.15) is 0 Å². The van der Waals surface area contributed by atoms with Crippen LogP contribution in [0.5, 0.6) is 0 Å². The van der Waals surface area contributed by atoms with Gasteiger partial charge >= 0.3 is 0 Å². The minimum absolute atomic E-state index is 0.0735. The number of ether oxygens (including phenoxy) is 2. The number of hydrogen-bond donors (Lipinski definition) is 1. The highest BCUT2D eigenvalue weighted by Crippen LogP contribution is 2.42. The number of piperidine rings is 1. The number of rotatable bonds is 3. The molecule has 3 fully saturated rings. The zero-order valence-electron chi connectivity index (χ0n) is 17.5. The molecule has 1 N–H and O–H groups in total. The summed E-state index contributed by atoms with van der Waals surface area (Å²) in [5, 5.41) is 11.6. The third-order valence-electron chi connectivity index (χ3n) is 6.42. The van der Waals surface area contributed by atoms with Crippen LogP contribution < -0.4 is 4.90 Å². The molecule has 1 aromatic rings. The molecule has 158 valence electrons. The Labute approximate surface area is 172 Å². The molecule has 3 saturated heterocycles. The summed E-state index contributed by atoms with van der Waals surface area (Å²) in [4.78, 5) is 10.8. The van der Waals surface area contributed by atoms with Crippen molar-refractivity contribution in [2.24, 2.45) is 5.41 Å². The van der Waals surface area contributed by atoms with E-state index in [1.54, 1.807) is 0 Å². The second-order valence-corrected chi connectivity index (χ2v) is 10.8. The largest absolute Gasteiger partial charge is 0.393 e. The fourth-order valence-electron chi connectivity index (χ4n) is 4.62. The van der Waals surface area contributed by atoms with Crippen LogP contribution in [0.3, 0.4) is 0 Å². The predicted octanol–water partition coefficient (Wildman–Crippen LogP) is 2.90. The van der Waals surface area contributed by atoms with Crippen molar-refractivity contribution < 1.29 is 14.6 Å². The van der Waals surface area contributed by atoms with Gasteiger partial charge in [-0.15, -0.1) is 11.3 Å². The average Bonchev–Trinajstić information content (AvgIpc) is 3.12. The zero-order chi connectivity index (χ0) is 19.8. The molecule has 0 bridgehead atoms. The Morgan fingerprint density at radius 1 is 1.21 bits per heavy atom. The van der Waals surface area contributed by atoms with E-state index in [-0.39, 0.29) is 23.2 Å². The highest BCUT2D eigenvalue weighted by atomic mass is 32.1. The van der Waals surface area contributed by atoms with Crippen LogP contribution in [0.15, 0.2) is 6.20 Å². The molecule has 6 nitrogen and oxygen atoms in total. The Balaban J connectivity index is 1.32. The van der Waals surface area contributed by atoms with Gasteiger partial charge in [0.15, 0.2) is 5.13 Å². The standard InChI is InChI=1S/C21H35N3O3S/c1-20(2,3)18-12-16(25)13-21(27-18)4-6-23(7-5-21)15-17-14-22-19(28-17)24-8-10-26-11-9-24/h14,16,18,25H,4-13,15H2,1-3H3/t16-,18-/m1/s1. The topological polar surface area (TPSA) is 58.1 Å². The zero-order valence-corrected chi connectivity index (χ0v) is 18.3. The molecule has 0 saturated carbocycles. The van der Waals surface area contributed by atoms with Gasteiger partial charge in [0.05, 0.1) is 31.0 Å². The van der Waals surface area contributed by atoms with E-state index in [9.17, 15) is 5.11 Å². The average molecular weight is 410 g/mol. The first kappa shape index (κ1) is 20.5. The Kier molecular flexibility index (Phi) is 6.00. The van der Waals surface area contributed by atoms with Crippen LogP contribution in [0.2, 0.25) is 0 Å². The Morgan fingerprint density at radius 2 is 1.93 bits per heavy atom. The predicted molar refractivity (Wildman–Crippen MR) is 112 cm³/mol. The summed E-state index contributed by atoms with van der Waals surface area (Å²) < 4.78 is 12.1. The number of anilines is 1. The lowest BCUT2D eigenvalue weighted by Gasteiger charge is -2.50. The van der Waals surface area contributed by atoms with E-state index in [1.807, 2.05) is 17.5 Å². The quantitative estimate of drug-likeness (QED) is 0.828. The third-order valence-corrected chi connectivity index (χ3v) is 7.46. The second-order valence-electron chi connectivity index (χ2n) is 9.73. The maximum Gasteiger partial charge on any atom is 0.185 e. The molecule has 0 unspecified atom stereocenters. The van der Waals surface area contributed by atoms with Gasteiger partial charge in [0.2, 0.25) is 0 Å². The van der Waals surface area contributed by atoms with Crippen molar-refractivity contribution in [1.29, 1.82) is 0 Å². The van der Waals surface area contributed by atoms with Crippen LogP contribution in [0.1, 0.15) is 51.3 Å². The number of aliphatic hydroxyl groups is 1. The smallest absolute Gasteiger partial charge is 0.185 e. The first-order valence-electron chi connectivity index (χ1n) is 10.7. The van der Waals surface area contributed by atoms with Crippen LogP contribution in [0.4, 0.5) is 5.13 Å². The number of aromatic nitrogens is 1. The summed E-state index contributed by atoms with van der Waals surface area (Å²) >= 11 is 1.81. The van der Waals surface area contributed by atoms with Crippen molar-refractivity contribution in [3.8, 4) is 0 Å². The van der Waals surface area contributed by atoms with E-state index in [1.165, 1.54) is 4.88 Å². The molecule has 2 atom stereocenters. The van der Waals surface area contributed by atoms with E-state index in [0.29, 0.717) is 0 Å². The molecule has 0 aromatic carbocycles. The van der Waals surface area contributed by atoms with Crippen LogP contribution in [0, 0.1) is 5.41 Å². The van der Waals surface area contributed by atoms with E-state index in [0.717, 1.165) is 76.8 Å². The third kappa shape index (κ3) is 4.70. The molecular formula is C21H35N3O3S. The molecule has 28 heavy (non-hydrogen) atoms. The van der Waals surface area contributed by atoms with E-state index in [2.05, 4.69) is 35.6 Å². The Morgan fingerprint density at radius 3 is 2.61 bits per heavy atom. The summed E-state index contributed by atoms with van der Waals surface area (Å²) in [6.07, 6.45) is 5.51. The van der Waals surface area contributed by atoms with Gasteiger partial charge in [0.25, 0.3) is 0 Å². The minimum atomic E-state index is -0.234. The van der Waals surface area contributed by atoms with Crippen molar-refractivity contribution in [1.82, 2.24) is 9.88 Å². The lowest BCUT2D eigenvalue weighted by atomic mass is 9.76. The Bertz CT molecular complexity index is 646. The molecule has 7 heteroatoms. The first-order chi connectivity index (χ1) is 13.3. The van der Waals surface area contributed by atoms with Crippen LogP contribution >= 0.6 is 11.3 Å². The summed E-state index contributed by atoms with van der Waals surface area (Å²) in [5.74, 6) is 0. The van der Waals surface area contributed by atoms with Gasteiger partial charge in [0, 0.05) is 56.6 Å². The number of hydrogen-bond acceptors (Lipinski definition) is 7. The Hall–Kier alpha value is -0.730. The summed E-state index contributed by atoms with van der Waals surface area (Å²) in [7, 11) is 0. The maximum absolute atomic E-state index is 10.5. The molecule has 4 rings (SSSR count). The van der Waals surface area contributed by atoms with Crippen molar-refractivity contribution in [3.63, 3.8) is 0 Å². The van der Waals surface area contributed by atoms with E-state index >= 15 is 0 Å².